The highest BCUT2D eigenvalue weighted by Gasteiger charge is 2.36. The highest BCUT2D eigenvalue weighted by atomic mass is 19.4. The van der Waals surface area contributed by atoms with Crippen LogP contribution < -0.4 is 5.32 Å². The Morgan fingerprint density at radius 3 is 2.45 bits per heavy atom. The molecule has 3 N–H and O–H groups in total. The van der Waals surface area contributed by atoms with Crippen LogP contribution in [0.15, 0.2) is 18.2 Å². The highest BCUT2D eigenvalue weighted by molar-refractivity contribution is 5.72. The first kappa shape index (κ1) is 16.4. The van der Waals surface area contributed by atoms with Crippen LogP contribution in [0.1, 0.15) is 24.2 Å². The molecule has 1 amide bonds. The molecule has 0 aliphatic carbocycles. The van der Waals surface area contributed by atoms with Gasteiger partial charge in [-0.3, -0.25) is 4.79 Å². The molecule has 2 unspecified atom stereocenters. The van der Waals surface area contributed by atoms with Crippen LogP contribution >= 0.6 is 0 Å². The number of alkyl halides is 3. The van der Waals surface area contributed by atoms with E-state index < -0.39 is 47.8 Å². The molecule has 0 aliphatic heterocycles. The molecule has 20 heavy (non-hydrogen) atoms. The largest absolute Gasteiger partial charge is 0.416 e. The number of halogens is 4. The number of benzene rings is 1. The maximum Gasteiger partial charge on any atom is 0.416 e. The molecule has 4 nitrogen and oxygen atoms in total. The summed E-state index contributed by atoms with van der Waals surface area (Å²) < 4.78 is 51.1. The van der Waals surface area contributed by atoms with Gasteiger partial charge in [0.1, 0.15) is 18.0 Å². The van der Waals surface area contributed by atoms with Gasteiger partial charge < -0.3 is 15.5 Å². The zero-order chi connectivity index (χ0) is 15.5. The Morgan fingerprint density at radius 2 is 1.95 bits per heavy atom. The quantitative estimate of drug-likeness (QED) is 0.735. The molecular weight excluding hydrogens is 282 g/mol. The third-order valence-corrected chi connectivity index (χ3v) is 2.56. The van der Waals surface area contributed by atoms with Gasteiger partial charge in [0, 0.05) is 13.5 Å². The molecule has 0 aliphatic rings. The van der Waals surface area contributed by atoms with E-state index >= 15 is 0 Å². The minimum atomic E-state index is -4.87. The lowest BCUT2D eigenvalue weighted by molar-refractivity contribution is -0.140. The monoisotopic (exact) mass is 295 g/mol. The van der Waals surface area contributed by atoms with Crippen molar-refractivity contribution in [3.8, 4) is 0 Å². The molecule has 0 heterocycles. The summed E-state index contributed by atoms with van der Waals surface area (Å²) in [6.07, 6.45) is -8.42. The van der Waals surface area contributed by atoms with E-state index in [1.807, 2.05) is 0 Å². The van der Waals surface area contributed by atoms with Crippen LogP contribution in [0, 0.1) is 5.82 Å². The Labute approximate surface area is 112 Å². The molecule has 0 aromatic heterocycles. The molecule has 2 atom stereocenters. The predicted molar refractivity (Wildman–Crippen MR) is 61.1 cm³/mol. The van der Waals surface area contributed by atoms with Gasteiger partial charge in [-0.1, -0.05) is 6.07 Å². The second-order valence-electron chi connectivity index (χ2n) is 4.18. The fourth-order valence-corrected chi connectivity index (χ4v) is 1.60. The lowest BCUT2D eigenvalue weighted by atomic mass is 9.98. The van der Waals surface area contributed by atoms with Crippen molar-refractivity contribution in [3.05, 3.63) is 35.1 Å². The molecule has 8 heteroatoms. The fraction of sp³-hybridized carbons (Fsp3) is 0.417. The van der Waals surface area contributed by atoms with Gasteiger partial charge in [-0.25, -0.2) is 4.39 Å². The first-order chi connectivity index (χ1) is 9.12. The Balaban J connectivity index is 3.03. The first-order valence-electron chi connectivity index (χ1n) is 5.60. The Bertz CT molecular complexity index is 490. The zero-order valence-corrected chi connectivity index (χ0v) is 10.4. The van der Waals surface area contributed by atoms with Crippen molar-refractivity contribution in [2.24, 2.45) is 0 Å². The molecule has 0 radical (unpaired) electrons. The van der Waals surface area contributed by atoms with Crippen LogP contribution in [-0.2, 0) is 11.0 Å². The van der Waals surface area contributed by atoms with Crippen molar-refractivity contribution in [3.63, 3.8) is 0 Å². The molecule has 0 spiro atoms. The number of aliphatic hydroxyl groups excluding tert-OH is 2. The second-order valence-corrected chi connectivity index (χ2v) is 4.18. The summed E-state index contributed by atoms with van der Waals surface area (Å²) in [6.45, 7) is 0.726. The number of nitrogens with one attached hydrogen (secondary N) is 1. The Kier molecular flexibility index (Phi) is 5.07. The molecule has 0 saturated heterocycles. The molecular formula is C12H13F4NO3. The number of carbonyl (C=O) groups is 1. The van der Waals surface area contributed by atoms with Crippen LogP contribution in [0.5, 0.6) is 0 Å². The van der Waals surface area contributed by atoms with Crippen LogP contribution in [0.2, 0.25) is 0 Å². The smallest absolute Gasteiger partial charge is 0.388 e. The van der Waals surface area contributed by atoms with Gasteiger partial charge in [-0.15, -0.1) is 0 Å². The molecule has 1 aromatic rings. The second kappa shape index (κ2) is 6.19. The van der Waals surface area contributed by atoms with Gasteiger partial charge >= 0.3 is 6.18 Å². The lowest BCUT2D eigenvalue weighted by Crippen LogP contribution is -2.35. The van der Waals surface area contributed by atoms with E-state index in [0.717, 1.165) is 19.1 Å². The van der Waals surface area contributed by atoms with Crippen molar-refractivity contribution in [2.75, 3.05) is 6.54 Å². The maximum absolute atomic E-state index is 12.9. The third kappa shape index (κ3) is 4.17. The summed E-state index contributed by atoms with van der Waals surface area (Å²) in [7, 11) is 0. The number of amides is 1. The van der Waals surface area contributed by atoms with Gasteiger partial charge in [0.15, 0.2) is 0 Å². The van der Waals surface area contributed by atoms with Crippen molar-refractivity contribution in [1.29, 1.82) is 0 Å². The van der Waals surface area contributed by atoms with Gasteiger partial charge in [0.2, 0.25) is 5.91 Å². The molecule has 0 saturated carbocycles. The van der Waals surface area contributed by atoms with Crippen molar-refractivity contribution < 1.29 is 32.6 Å². The Hall–Kier alpha value is -1.67. The predicted octanol–water partition coefficient (Wildman–Crippen LogP) is 1.37. The summed E-state index contributed by atoms with van der Waals surface area (Å²) in [5.41, 5.74) is -2.02. The summed E-state index contributed by atoms with van der Waals surface area (Å²) in [6, 6.07) is 1.74. The van der Waals surface area contributed by atoms with E-state index in [1.54, 1.807) is 0 Å². The van der Waals surface area contributed by atoms with E-state index in [1.165, 1.54) is 0 Å². The number of aliphatic hydroxyl groups is 2. The summed E-state index contributed by atoms with van der Waals surface area (Å²) in [5.74, 6) is -1.61. The van der Waals surface area contributed by atoms with E-state index in [0.29, 0.717) is 0 Å². The molecule has 112 valence electrons. The van der Waals surface area contributed by atoms with E-state index in [9.17, 15) is 32.6 Å². The van der Waals surface area contributed by atoms with Crippen molar-refractivity contribution >= 4 is 5.91 Å². The average Bonchev–Trinajstić information content (AvgIpc) is 2.33. The number of rotatable bonds is 4. The zero-order valence-electron chi connectivity index (χ0n) is 10.4. The Morgan fingerprint density at radius 1 is 1.35 bits per heavy atom. The highest BCUT2D eigenvalue weighted by Crippen LogP contribution is 2.35. The van der Waals surface area contributed by atoms with Crippen molar-refractivity contribution in [1.82, 2.24) is 5.32 Å². The first-order valence-corrected chi connectivity index (χ1v) is 5.60. The standard InChI is InChI=1S/C12H13F4NO3/c1-6(18)17-5-10(19)11(20)8-3-2-7(13)4-9(8)12(14,15)16/h2-4,10-11,19-20H,5H2,1H3,(H,17,18). The minimum Gasteiger partial charge on any atom is -0.388 e. The van der Waals surface area contributed by atoms with Gasteiger partial charge in [-0.2, -0.15) is 13.2 Å². The summed E-state index contributed by atoms with van der Waals surface area (Å²) in [5, 5.41) is 21.4. The van der Waals surface area contributed by atoms with Crippen LogP contribution in [0.25, 0.3) is 0 Å². The SMILES string of the molecule is CC(=O)NCC(O)C(O)c1ccc(F)cc1C(F)(F)F. The van der Waals surface area contributed by atoms with Crippen LogP contribution in [-0.4, -0.2) is 28.8 Å². The van der Waals surface area contributed by atoms with E-state index in [2.05, 4.69) is 5.32 Å². The van der Waals surface area contributed by atoms with E-state index in [-0.39, 0.29) is 6.07 Å². The number of hydrogen-bond donors (Lipinski definition) is 3. The summed E-state index contributed by atoms with van der Waals surface area (Å²) in [4.78, 5) is 10.6. The fourth-order valence-electron chi connectivity index (χ4n) is 1.60. The normalized spacial score (nSPS) is 14.8. The van der Waals surface area contributed by atoms with Crippen LogP contribution in [0.3, 0.4) is 0 Å². The van der Waals surface area contributed by atoms with Crippen LogP contribution in [0.4, 0.5) is 17.6 Å². The molecule has 0 fully saturated rings. The van der Waals surface area contributed by atoms with Crippen molar-refractivity contribution in [2.45, 2.75) is 25.3 Å². The third-order valence-electron chi connectivity index (χ3n) is 2.56. The van der Waals surface area contributed by atoms with Gasteiger partial charge in [0.05, 0.1) is 5.56 Å². The maximum atomic E-state index is 12.9. The summed E-state index contributed by atoms with van der Waals surface area (Å²) >= 11 is 0. The molecule has 1 aromatic carbocycles. The topological polar surface area (TPSA) is 69.6 Å². The molecule has 1 rings (SSSR count). The minimum absolute atomic E-state index is 0.240. The number of carbonyl (C=O) groups excluding carboxylic acids is 1. The van der Waals surface area contributed by atoms with Gasteiger partial charge in [-0.05, 0) is 17.7 Å². The molecule has 0 bridgehead atoms. The average molecular weight is 295 g/mol. The van der Waals surface area contributed by atoms with E-state index in [4.69, 9.17) is 0 Å². The number of hydrogen-bond acceptors (Lipinski definition) is 3. The van der Waals surface area contributed by atoms with Gasteiger partial charge in [0.25, 0.3) is 0 Å². The lowest BCUT2D eigenvalue weighted by Gasteiger charge is -2.22.